The lowest BCUT2D eigenvalue weighted by atomic mass is 9.78. The molecule has 0 aliphatic heterocycles. The molecule has 2 rings (SSSR count). The molecule has 3 atom stereocenters. The van der Waals surface area contributed by atoms with Gasteiger partial charge in [0.25, 0.3) is 0 Å². The highest BCUT2D eigenvalue weighted by molar-refractivity contribution is 9.10. The van der Waals surface area contributed by atoms with Crippen LogP contribution in [0.5, 0.6) is 0 Å². The van der Waals surface area contributed by atoms with E-state index in [-0.39, 0.29) is 5.82 Å². The third kappa shape index (κ3) is 3.01. The van der Waals surface area contributed by atoms with Crippen LogP contribution < -0.4 is 5.32 Å². The SMILES string of the molecule is CC1CCCC(Nc2ccc(Br)cc2F)C1C. The molecule has 1 aliphatic rings. The van der Waals surface area contributed by atoms with Gasteiger partial charge in [-0.3, -0.25) is 0 Å². The second-order valence-electron chi connectivity index (χ2n) is 5.14. The molecular weight excluding hydrogens is 281 g/mol. The van der Waals surface area contributed by atoms with E-state index in [9.17, 15) is 4.39 Å². The highest BCUT2D eigenvalue weighted by Gasteiger charge is 2.27. The van der Waals surface area contributed by atoms with E-state index < -0.39 is 0 Å². The molecular formula is C14H19BrFN. The molecule has 0 heterocycles. The van der Waals surface area contributed by atoms with E-state index in [1.165, 1.54) is 18.9 Å². The van der Waals surface area contributed by atoms with Crippen molar-refractivity contribution in [3.63, 3.8) is 0 Å². The average Bonchev–Trinajstić information content (AvgIpc) is 2.28. The standard InChI is InChI=1S/C14H19BrFN/c1-9-4-3-5-13(10(9)2)17-14-7-6-11(15)8-12(14)16/h6-10,13,17H,3-5H2,1-2H3. The minimum atomic E-state index is -0.176. The minimum absolute atomic E-state index is 0.176. The van der Waals surface area contributed by atoms with Crippen molar-refractivity contribution >= 4 is 21.6 Å². The summed E-state index contributed by atoms with van der Waals surface area (Å²) in [5, 5.41) is 3.36. The van der Waals surface area contributed by atoms with Crippen molar-refractivity contribution in [2.75, 3.05) is 5.32 Å². The molecule has 94 valence electrons. The summed E-state index contributed by atoms with van der Waals surface area (Å²) in [6, 6.07) is 5.60. The maximum Gasteiger partial charge on any atom is 0.147 e. The Morgan fingerprint density at radius 3 is 2.76 bits per heavy atom. The van der Waals surface area contributed by atoms with Crippen LogP contribution in [0.2, 0.25) is 0 Å². The zero-order valence-electron chi connectivity index (χ0n) is 10.3. The van der Waals surface area contributed by atoms with Crippen LogP contribution in [0.4, 0.5) is 10.1 Å². The lowest BCUT2D eigenvalue weighted by molar-refractivity contribution is 0.253. The Kier molecular flexibility index (Phi) is 4.08. The molecule has 3 heteroatoms. The van der Waals surface area contributed by atoms with Crippen LogP contribution in [0.25, 0.3) is 0 Å². The molecule has 1 fully saturated rings. The number of rotatable bonds is 2. The van der Waals surface area contributed by atoms with Gasteiger partial charge in [0.1, 0.15) is 5.82 Å². The van der Waals surface area contributed by atoms with Crippen LogP contribution in [-0.4, -0.2) is 6.04 Å². The maximum absolute atomic E-state index is 13.7. The van der Waals surface area contributed by atoms with Crippen molar-refractivity contribution in [3.8, 4) is 0 Å². The summed E-state index contributed by atoms with van der Waals surface area (Å²) in [6.45, 7) is 4.55. The van der Waals surface area contributed by atoms with Gasteiger partial charge in [-0.05, 0) is 36.5 Å². The Morgan fingerprint density at radius 1 is 1.29 bits per heavy atom. The highest BCUT2D eigenvalue weighted by atomic mass is 79.9. The summed E-state index contributed by atoms with van der Waals surface area (Å²) in [5.74, 6) is 1.15. The van der Waals surface area contributed by atoms with E-state index in [0.29, 0.717) is 17.6 Å². The van der Waals surface area contributed by atoms with Crippen molar-refractivity contribution in [1.29, 1.82) is 0 Å². The maximum atomic E-state index is 13.7. The normalized spacial score (nSPS) is 29.1. The number of hydrogen-bond acceptors (Lipinski definition) is 1. The summed E-state index contributed by atoms with van der Waals surface area (Å²) in [5.41, 5.74) is 0.624. The first-order valence-electron chi connectivity index (χ1n) is 6.29. The summed E-state index contributed by atoms with van der Waals surface area (Å²) >= 11 is 3.28. The topological polar surface area (TPSA) is 12.0 Å². The van der Waals surface area contributed by atoms with Gasteiger partial charge in [0.15, 0.2) is 0 Å². The molecule has 1 aliphatic carbocycles. The monoisotopic (exact) mass is 299 g/mol. The average molecular weight is 300 g/mol. The Morgan fingerprint density at radius 2 is 2.06 bits per heavy atom. The van der Waals surface area contributed by atoms with Crippen molar-refractivity contribution in [2.24, 2.45) is 11.8 Å². The predicted molar refractivity (Wildman–Crippen MR) is 73.7 cm³/mol. The first kappa shape index (κ1) is 12.9. The third-order valence-electron chi connectivity index (χ3n) is 3.98. The fraction of sp³-hybridized carbons (Fsp3) is 0.571. The van der Waals surface area contributed by atoms with Crippen molar-refractivity contribution in [1.82, 2.24) is 0 Å². The summed E-state index contributed by atoms with van der Waals surface area (Å²) in [6.07, 6.45) is 3.67. The van der Waals surface area contributed by atoms with Gasteiger partial charge in [-0.1, -0.05) is 42.6 Å². The highest BCUT2D eigenvalue weighted by Crippen LogP contribution is 2.32. The van der Waals surface area contributed by atoms with Crippen LogP contribution in [-0.2, 0) is 0 Å². The molecule has 0 aromatic heterocycles. The lowest BCUT2D eigenvalue weighted by Crippen LogP contribution is -2.35. The van der Waals surface area contributed by atoms with Crippen LogP contribution in [0.1, 0.15) is 33.1 Å². The quantitative estimate of drug-likeness (QED) is 0.825. The summed E-state index contributed by atoms with van der Waals surface area (Å²) in [4.78, 5) is 0. The van der Waals surface area contributed by atoms with Gasteiger partial charge in [-0.15, -0.1) is 0 Å². The number of benzene rings is 1. The molecule has 0 spiro atoms. The summed E-state index contributed by atoms with van der Waals surface area (Å²) < 4.78 is 14.5. The predicted octanol–water partition coefficient (Wildman–Crippen LogP) is 4.82. The second-order valence-corrected chi connectivity index (χ2v) is 6.06. The third-order valence-corrected chi connectivity index (χ3v) is 4.47. The lowest BCUT2D eigenvalue weighted by Gasteiger charge is -2.35. The molecule has 1 saturated carbocycles. The van der Waals surface area contributed by atoms with E-state index in [2.05, 4.69) is 35.1 Å². The minimum Gasteiger partial charge on any atom is -0.380 e. The number of hydrogen-bond donors (Lipinski definition) is 1. The molecule has 0 bridgehead atoms. The van der Waals surface area contributed by atoms with Crippen LogP contribution in [0.3, 0.4) is 0 Å². The largest absolute Gasteiger partial charge is 0.380 e. The van der Waals surface area contributed by atoms with Gasteiger partial charge >= 0.3 is 0 Å². The van der Waals surface area contributed by atoms with E-state index in [1.807, 2.05) is 12.1 Å². The van der Waals surface area contributed by atoms with E-state index >= 15 is 0 Å². The van der Waals surface area contributed by atoms with Gasteiger partial charge in [0.2, 0.25) is 0 Å². The first-order chi connectivity index (χ1) is 8.08. The van der Waals surface area contributed by atoms with Crippen molar-refractivity contribution in [2.45, 2.75) is 39.2 Å². The molecule has 1 nitrogen and oxygen atoms in total. The van der Waals surface area contributed by atoms with Crippen molar-refractivity contribution in [3.05, 3.63) is 28.5 Å². The van der Waals surface area contributed by atoms with E-state index in [0.717, 1.165) is 16.8 Å². The van der Waals surface area contributed by atoms with Gasteiger partial charge in [0, 0.05) is 10.5 Å². The number of anilines is 1. The Bertz CT molecular complexity index is 394. The number of halogens is 2. The molecule has 17 heavy (non-hydrogen) atoms. The molecule has 1 aromatic rings. The van der Waals surface area contributed by atoms with Crippen LogP contribution in [0.15, 0.2) is 22.7 Å². The van der Waals surface area contributed by atoms with Crippen LogP contribution in [0, 0.1) is 17.7 Å². The second kappa shape index (κ2) is 5.38. The molecule has 3 unspecified atom stereocenters. The molecule has 0 saturated heterocycles. The molecule has 1 N–H and O–H groups in total. The van der Waals surface area contributed by atoms with Gasteiger partial charge in [-0.25, -0.2) is 4.39 Å². The Labute approximate surface area is 111 Å². The van der Waals surface area contributed by atoms with E-state index in [1.54, 1.807) is 0 Å². The molecule has 0 amide bonds. The zero-order valence-corrected chi connectivity index (χ0v) is 11.9. The van der Waals surface area contributed by atoms with Gasteiger partial charge < -0.3 is 5.32 Å². The Hall–Kier alpha value is -0.570. The Balaban J connectivity index is 2.09. The molecule has 0 radical (unpaired) electrons. The zero-order chi connectivity index (χ0) is 12.4. The van der Waals surface area contributed by atoms with Gasteiger partial charge in [-0.2, -0.15) is 0 Å². The smallest absolute Gasteiger partial charge is 0.147 e. The first-order valence-corrected chi connectivity index (χ1v) is 7.09. The van der Waals surface area contributed by atoms with Crippen molar-refractivity contribution < 1.29 is 4.39 Å². The van der Waals surface area contributed by atoms with Crippen LogP contribution >= 0.6 is 15.9 Å². The van der Waals surface area contributed by atoms with Gasteiger partial charge in [0.05, 0.1) is 5.69 Å². The molecule has 1 aromatic carbocycles. The fourth-order valence-electron chi connectivity index (χ4n) is 2.59. The van der Waals surface area contributed by atoms with E-state index in [4.69, 9.17) is 0 Å². The number of nitrogens with one attached hydrogen (secondary N) is 1. The summed E-state index contributed by atoms with van der Waals surface area (Å²) in [7, 11) is 0. The fourth-order valence-corrected chi connectivity index (χ4v) is 2.93.